The van der Waals surface area contributed by atoms with E-state index in [9.17, 15) is 4.79 Å². The van der Waals surface area contributed by atoms with E-state index in [1.165, 1.54) is 0 Å². The van der Waals surface area contributed by atoms with Crippen LogP contribution in [0.3, 0.4) is 0 Å². The molecular formula is C21H20ClNO3. The van der Waals surface area contributed by atoms with Gasteiger partial charge in [-0.15, -0.1) is 0 Å². The van der Waals surface area contributed by atoms with E-state index in [4.69, 9.17) is 20.8 Å². The highest BCUT2D eigenvalue weighted by Crippen LogP contribution is 2.24. The Labute approximate surface area is 158 Å². The molecule has 0 aliphatic heterocycles. The molecule has 4 nitrogen and oxygen atoms in total. The van der Waals surface area contributed by atoms with Crippen LogP contribution in [0.4, 0.5) is 0 Å². The first kappa shape index (κ1) is 18.1. The summed E-state index contributed by atoms with van der Waals surface area (Å²) >= 11 is 5.91. The molecule has 0 saturated carbocycles. The predicted molar refractivity (Wildman–Crippen MR) is 102 cm³/mol. The van der Waals surface area contributed by atoms with Gasteiger partial charge in [0.25, 0.3) is 0 Å². The number of methoxy groups -OCH3 is 1. The summed E-state index contributed by atoms with van der Waals surface area (Å²) in [6.07, 6.45) is 0.283. The molecule has 0 fully saturated rings. The summed E-state index contributed by atoms with van der Waals surface area (Å²) in [6, 6.07) is 18.8. The fraction of sp³-hybridized carbons (Fsp3) is 0.190. The molecule has 3 rings (SSSR count). The quantitative estimate of drug-likeness (QED) is 0.626. The number of amides is 1. The van der Waals surface area contributed by atoms with Gasteiger partial charge in [0.05, 0.1) is 20.1 Å². The molecule has 1 aromatic heterocycles. The van der Waals surface area contributed by atoms with Gasteiger partial charge < -0.3 is 14.1 Å². The third-order valence-corrected chi connectivity index (χ3v) is 4.40. The number of benzene rings is 2. The minimum atomic E-state index is -0.000979. The van der Waals surface area contributed by atoms with Gasteiger partial charge in [-0.2, -0.15) is 0 Å². The van der Waals surface area contributed by atoms with E-state index in [1.54, 1.807) is 19.1 Å². The number of para-hydroxylation sites is 1. The summed E-state index contributed by atoms with van der Waals surface area (Å²) in [5.74, 6) is 2.20. The largest absolute Gasteiger partial charge is 0.496 e. The maximum absolute atomic E-state index is 12.5. The van der Waals surface area contributed by atoms with Crippen LogP contribution in [-0.4, -0.2) is 25.0 Å². The smallest absolute Gasteiger partial charge is 0.227 e. The number of halogens is 1. The van der Waals surface area contributed by atoms with Gasteiger partial charge in [-0.05, 0) is 42.5 Å². The summed E-state index contributed by atoms with van der Waals surface area (Å²) < 4.78 is 11.2. The second-order valence-electron chi connectivity index (χ2n) is 6.01. The molecule has 0 saturated heterocycles. The van der Waals surface area contributed by atoms with Crippen molar-refractivity contribution in [1.29, 1.82) is 0 Å². The minimum absolute atomic E-state index is 0.000979. The van der Waals surface area contributed by atoms with Crippen molar-refractivity contribution in [3.8, 4) is 17.1 Å². The molecule has 5 heteroatoms. The van der Waals surface area contributed by atoms with Gasteiger partial charge in [-0.1, -0.05) is 29.8 Å². The second-order valence-corrected chi connectivity index (χ2v) is 6.45. The van der Waals surface area contributed by atoms with Crippen LogP contribution >= 0.6 is 11.6 Å². The van der Waals surface area contributed by atoms with E-state index in [1.807, 2.05) is 60.7 Å². The summed E-state index contributed by atoms with van der Waals surface area (Å²) in [6.45, 7) is 0.404. The van der Waals surface area contributed by atoms with Crippen LogP contribution in [0, 0.1) is 0 Å². The number of hydrogen-bond donors (Lipinski definition) is 0. The molecule has 0 N–H and O–H groups in total. The van der Waals surface area contributed by atoms with Crippen LogP contribution in [0.2, 0.25) is 5.02 Å². The lowest BCUT2D eigenvalue weighted by Crippen LogP contribution is -2.27. The van der Waals surface area contributed by atoms with Crippen molar-refractivity contribution in [1.82, 2.24) is 4.90 Å². The average Bonchev–Trinajstić information content (AvgIpc) is 3.11. The second kappa shape index (κ2) is 8.11. The van der Waals surface area contributed by atoms with E-state index >= 15 is 0 Å². The van der Waals surface area contributed by atoms with Crippen molar-refractivity contribution >= 4 is 17.5 Å². The SMILES string of the molecule is COc1ccccc1CC(=O)N(C)Cc1ccc(-c2ccc(Cl)cc2)o1. The highest BCUT2D eigenvalue weighted by atomic mass is 35.5. The van der Waals surface area contributed by atoms with Crippen LogP contribution in [0.15, 0.2) is 65.1 Å². The Morgan fingerprint density at radius 3 is 2.54 bits per heavy atom. The van der Waals surface area contributed by atoms with E-state index < -0.39 is 0 Å². The Kier molecular flexibility index (Phi) is 5.64. The highest BCUT2D eigenvalue weighted by molar-refractivity contribution is 6.30. The Bertz CT molecular complexity index is 886. The van der Waals surface area contributed by atoms with Crippen molar-refractivity contribution in [2.45, 2.75) is 13.0 Å². The Morgan fingerprint density at radius 1 is 1.08 bits per heavy atom. The van der Waals surface area contributed by atoms with Crippen LogP contribution in [0.25, 0.3) is 11.3 Å². The predicted octanol–water partition coefficient (Wildman–Crippen LogP) is 4.81. The van der Waals surface area contributed by atoms with Gasteiger partial charge in [0, 0.05) is 23.2 Å². The van der Waals surface area contributed by atoms with Crippen molar-refractivity contribution in [2.24, 2.45) is 0 Å². The van der Waals surface area contributed by atoms with Crippen molar-refractivity contribution < 1.29 is 13.9 Å². The van der Waals surface area contributed by atoms with E-state index in [-0.39, 0.29) is 12.3 Å². The summed E-state index contributed by atoms with van der Waals surface area (Å²) in [5.41, 5.74) is 1.82. The van der Waals surface area contributed by atoms with Gasteiger partial charge in [-0.25, -0.2) is 0 Å². The number of nitrogens with zero attached hydrogens (tertiary/aromatic N) is 1. The summed E-state index contributed by atoms with van der Waals surface area (Å²) in [4.78, 5) is 14.2. The number of likely N-dealkylation sites (N-methyl/N-ethyl adjacent to an activating group) is 1. The third kappa shape index (κ3) is 4.27. The molecule has 1 heterocycles. The number of carbonyl (C=O) groups is 1. The lowest BCUT2D eigenvalue weighted by Gasteiger charge is -2.16. The normalized spacial score (nSPS) is 10.6. The van der Waals surface area contributed by atoms with Gasteiger partial charge in [0.1, 0.15) is 17.3 Å². The van der Waals surface area contributed by atoms with E-state index in [2.05, 4.69) is 0 Å². The van der Waals surface area contributed by atoms with E-state index in [0.29, 0.717) is 11.6 Å². The Hall–Kier alpha value is -2.72. The fourth-order valence-corrected chi connectivity index (χ4v) is 2.83. The number of hydrogen-bond acceptors (Lipinski definition) is 3. The zero-order chi connectivity index (χ0) is 18.5. The van der Waals surface area contributed by atoms with Crippen LogP contribution < -0.4 is 4.74 Å². The maximum Gasteiger partial charge on any atom is 0.227 e. The molecule has 2 aromatic carbocycles. The minimum Gasteiger partial charge on any atom is -0.496 e. The first-order chi connectivity index (χ1) is 12.6. The third-order valence-electron chi connectivity index (χ3n) is 4.14. The number of furan rings is 1. The Morgan fingerprint density at radius 2 is 1.81 bits per heavy atom. The monoisotopic (exact) mass is 369 g/mol. The van der Waals surface area contributed by atoms with Crippen LogP contribution in [-0.2, 0) is 17.8 Å². The molecule has 3 aromatic rings. The summed E-state index contributed by atoms with van der Waals surface area (Å²) in [7, 11) is 3.37. The maximum atomic E-state index is 12.5. The zero-order valence-electron chi connectivity index (χ0n) is 14.7. The van der Waals surface area contributed by atoms with Crippen LogP contribution in [0.1, 0.15) is 11.3 Å². The molecule has 0 spiro atoms. The molecule has 0 unspecified atom stereocenters. The first-order valence-electron chi connectivity index (χ1n) is 8.27. The fourth-order valence-electron chi connectivity index (χ4n) is 2.70. The van der Waals surface area contributed by atoms with Gasteiger partial charge in [0.15, 0.2) is 0 Å². The number of ether oxygens (including phenoxy) is 1. The molecule has 0 atom stereocenters. The Balaban J connectivity index is 1.65. The molecular weight excluding hydrogens is 350 g/mol. The molecule has 0 bridgehead atoms. The lowest BCUT2D eigenvalue weighted by atomic mass is 10.1. The molecule has 0 radical (unpaired) electrons. The topological polar surface area (TPSA) is 42.7 Å². The van der Waals surface area contributed by atoms with Gasteiger partial charge >= 0.3 is 0 Å². The first-order valence-corrected chi connectivity index (χ1v) is 8.65. The van der Waals surface area contributed by atoms with Crippen molar-refractivity contribution in [2.75, 3.05) is 14.2 Å². The van der Waals surface area contributed by atoms with Crippen molar-refractivity contribution in [3.05, 3.63) is 77.0 Å². The number of carbonyl (C=O) groups excluding carboxylic acids is 1. The van der Waals surface area contributed by atoms with Gasteiger partial charge in [-0.3, -0.25) is 4.79 Å². The molecule has 0 aliphatic rings. The van der Waals surface area contributed by atoms with Crippen molar-refractivity contribution in [3.63, 3.8) is 0 Å². The molecule has 134 valence electrons. The summed E-state index contributed by atoms with van der Waals surface area (Å²) in [5, 5.41) is 0.683. The lowest BCUT2D eigenvalue weighted by molar-refractivity contribution is -0.129. The average molecular weight is 370 g/mol. The van der Waals surface area contributed by atoms with Crippen LogP contribution in [0.5, 0.6) is 5.75 Å². The molecule has 0 aliphatic carbocycles. The standard InChI is InChI=1S/C21H20ClNO3/c1-23(21(24)13-16-5-3-4-6-19(16)25-2)14-18-11-12-20(26-18)15-7-9-17(22)10-8-15/h3-12H,13-14H2,1-2H3. The molecule has 1 amide bonds. The zero-order valence-corrected chi connectivity index (χ0v) is 15.5. The number of rotatable bonds is 6. The van der Waals surface area contributed by atoms with Gasteiger partial charge in [0.2, 0.25) is 5.91 Å². The highest BCUT2D eigenvalue weighted by Gasteiger charge is 2.15. The van der Waals surface area contributed by atoms with E-state index in [0.717, 1.165) is 28.4 Å². The molecule has 26 heavy (non-hydrogen) atoms.